The van der Waals surface area contributed by atoms with Crippen LogP contribution >= 0.6 is 0 Å². The molecule has 0 unspecified atom stereocenters. The van der Waals surface area contributed by atoms with Crippen LogP contribution in [0, 0.1) is 6.92 Å². The lowest BCUT2D eigenvalue weighted by Crippen LogP contribution is -2.10. The Morgan fingerprint density at radius 3 is 3.06 bits per heavy atom. The first kappa shape index (κ1) is 9.34. The highest BCUT2D eigenvalue weighted by Crippen LogP contribution is 2.20. The summed E-state index contributed by atoms with van der Waals surface area (Å²) in [5, 5.41) is 12.4. The van der Waals surface area contributed by atoms with E-state index in [0.717, 1.165) is 16.6 Å². The Balaban J connectivity index is 2.46. The molecule has 0 aliphatic carbocycles. The minimum absolute atomic E-state index is 0.173. The van der Waals surface area contributed by atoms with E-state index in [-0.39, 0.29) is 5.56 Å². The second kappa shape index (κ2) is 2.95. The maximum atomic E-state index is 12.0. The van der Waals surface area contributed by atoms with Crippen LogP contribution in [-0.4, -0.2) is 29.8 Å². The van der Waals surface area contributed by atoms with Crippen molar-refractivity contribution >= 4 is 27.6 Å². The van der Waals surface area contributed by atoms with Gasteiger partial charge in [0.15, 0.2) is 5.65 Å². The first-order chi connectivity index (χ1) is 8.74. The first-order valence-corrected chi connectivity index (χ1v) is 5.44. The second-order valence-electron chi connectivity index (χ2n) is 4.19. The maximum Gasteiger partial charge on any atom is 0.260 e. The standard InChI is InChI=1S/C11H8N6O/c1-5-2-8-14-11(18)7-3-12-10-6(4-13-15-10)9(7)17(8)16-5/h2-4H,1H3,(H,14,18)(H,12,13,15). The van der Waals surface area contributed by atoms with E-state index in [2.05, 4.69) is 25.3 Å². The summed E-state index contributed by atoms with van der Waals surface area (Å²) in [5.41, 5.74) is 2.70. The van der Waals surface area contributed by atoms with Gasteiger partial charge in [-0.2, -0.15) is 10.2 Å². The fourth-order valence-electron chi connectivity index (χ4n) is 2.22. The Hall–Kier alpha value is -2.70. The van der Waals surface area contributed by atoms with E-state index in [1.54, 1.807) is 10.7 Å². The van der Waals surface area contributed by atoms with E-state index in [0.29, 0.717) is 16.7 Å². The number of hydrogen-bond acceptors (Lipinski definition) is 4. The van der Waals surface area contributed by atoms with Gasteiger partial charge in [-0.05, 0) is 6.92 Å². The zero-order chi connectivity index (χ0) is 12.3. The number of fused-ring (bicyclic) bond motifs is 5. The molecule has 18 heavy (non-hydrogen) atoms. The molecule has 0 saturated carbocycles. The molecule has 0 fully saturated rings. The van der Waals surface area contributed by atoms with Gasteiger partial charge in [0.1, 0.15) is 5.65 Å². The number of aromatic nitrogens is 6. The third kappa shape index (κ3) is 1.03. The van der Waals surface area contributed by atoms with Crippen molar-refractivity contribution in [3.63, 3.8) is 0 Å². The third-order valence-electron chi connectivity index (χ3n) is 2.98. The van der Waals surface area contributed by atoms with Crippen molar-refractivity contribution in [2.75, 3.05) is 0 Å². The monoisotopic (exact) mass is 240 g/mol. The molecule has 0 saturated heterocycles. The van der Waals surface area contributed by atoms with Crippen LogP contribution in [0.3, 0.4) is 0 Å². The van der Waals surface area contributed by atoms with Gasteiger partial charge >= 0.3 is 0 Å². The Labute approximate surface area is 99.5 Å². The molecule has 0 spiro atoms. The Bertz CT molecular complexity index is 960. The van der Waals surface area contributed by atoms with Gasteiger partial charge in [0.05, 0.1) is 28.2 Å². The van der Waals surface area contributed by atoms with Crippen molar-refractivity contribution in [2.24, 2.45) is 0 Å². The van der Waals surface area contributed by atoms with E-state index in [1.807, 2.05) is 13.0 Å². The summed E-state index contributed by atoms with van der Waals surface area (Å²) in [5.74, 6) is 0. The van der Waals surface area contributed by atoms with Crippen LogP contribution in [0.25, 0.3) is 27.6 Å². The summed E-state index contributed by atoms with van der Waals surface area (Å²) in [7, 11) is 0. The lowest BCUT2D eigenvalue weighted by atomic mass is 10.2. The summed E-state index contributed by atoms with van der Waals surface area (Å²) in [4.78, 5) is 18.9. The fraction of sp³-hybridized carbons (Fsp3) is 0.0909. The molecular weight excluding hydrogens is 232 g/mol. The average molecular weight is 240 g/mol. The van der Waals surface area contributed by atoms with Crippen molar-refractivity contribution in [1.29, 1.82) is 0 Å². The van der Waals surface area contributed by atoms with Crippen molar-refractivity contribution in [1.82, 2.24) is 29.8 Å². The van der Waals surface area contributed by atoms with Crippen LogP contribution in [0.5, 0.6) is 0 Å². The number of aromatic amines is 2. The number of rotatable bonds is 0. The minimum Gasteiger partial charge on any atom is -0.306 e. The molecule has 4 aromatic rings. The molecule has 0 bridgehead atoms. The second-order valence-corrected chi connectivity index (χ2v) is 4.19. The summed E-state index contributed by atoms with van der Waals surface area (Å²) in [6, 6.07) is 1.83. The number of H-pyrrole nitrogens is 2. The molecule has 2 N–H and O–H groups in total. The van der Waals surface area contributed by atoms with Gasteiger partial charge in [0, 0.05) is 12.3 Å². The highest BCUT2D eigenvalue weighted by Gasteiger charge is 2.12. The van der Waals surface area contributed by atoms with E-state index in [9.17, 15) is 4.79 Å². The highest BCUT2D eigenvalue weighted by atomic mass is 16.1. The van der Waals surface area contributed by atoms with Gasteiger partial charge in [0.25, 0.3) is 5.56 Å². The smallest absolute Gasteiger partial charge is 0.260 e. The summed E-state index contributed by atoms with van der Waals surface area (Å²) in [6.07, 6.45) is 3.19. The summed E-state index contributed by atoms with van der Waals surface area (Å²) >= 11 is 0. The van der Waals surface area contributed by atoms with Gasteiger partial charge in [0.2, 0.25) is 0 Å². The van der Waals surface area contributed by atoms with Crippen LogP contribution < -0.4 is 5.56 Å². The first-order valence-electron chi connectivity index (χ1n) is 5.44. The molecular formula is C11H8N6O. The molecule has 4 heterocycles. The van der Waals surface area contributed by atoms with E-state index < -0.39 is 0 Å². The molecule has 7 nitrogen and oxygen atoms in total. The Morgan fingerprint density at radius 1 is 1.28 bits per heavy atom. The lowest BCUT2D eigenvalue weighted by molar-refractivity contribution is 0.953. The minimum atomic E-state index is -0.173. The maximum absolute atomic E-state index is 12.0. The topological polar surface area (TPSA) is 91.7 Å². The molecule has 0 radical (unpaired) electrons. The van der Waals surface area contributed by atoms with Crippen molar-refractivity contribution in [3.05, 3.63) is 34.5 Å². The van der Waals surface area contributed by atoms with Crippen LogP contribution in [0.4, 0.5) is 0 Å². The van der Waals surface area contributed by atoms with Crippen molar-refractivity contribution in [2.45, 2.75) is 6.92 Å². The zero-order valence-corrected chi connectivity index (χ0v) is 9.43. The quantitative estimate of drug-likeness (QED) is 0.474. The molecule has 7 heteroatoms. The molecule has 0 atom stereocenters. The van der Waals surface area contributed by atoms with Crippen molar-refractivity contribution in [3.8, 4) is 0 Å². The van der Waals surface area contributed by atoms with Gasteiger partial charge in [-0.25, -0.2) is 9.50 Å². The van der Waals surface area contributed by atoms with E-state index >= 15 is 0 Å². The van der Waals surface area contributed by atoms with Gasteiger partial charge < -0.3 is 4.98 Å². The zero-order valence-electron chi connectivity index (χ0n) is 9.43. The third-order valence-corrected chi connectivity index (χ3v) is 2.98. The van der Waals surface area contributed by atoms with Crippen LogP contribution in [0.15, 0.2) is 23.3 Å². The molecule has 0 aliphatic heterocycles. The highest BCUT2D eigenvalue weighted by molar-refractivity contribution is 6.01. The number of aryl methyl sites for hydroxylation is 1. The largest absolute Gasteiger partial charge is 0.306 e. The Morgan fingerprint density at radius 2 is 2.17 bits per heavy atom. The summed E-state index contributed by atoms with van der Waals surface area (Å²) in [6.45, 7) is 1.88. The lowest BCUT2D eigenvalue weighted by Gasteiger charge is -2.01. The van der Waals surface area contributed by atoms with Gasteiger partial charge in [-0.1, -0.05) is 0 Å². The average Bonchev–Trinajstić information content (AvgIpc) is 2.93. The number of nitrogens with zero attached hydrogens (tertiary/aromatic N) is 4. The molecule has 0 aliphatic rings. The predicted octanol–water partition coefficient (Wildman–Crippen LogP) is 0.756. The number of nitrogens with one attached hydrogen (secondary N) is 2. The van der Waals surface area contributed by atoms with Gasteiger partial charge in [-0.15, -0.1) is 0 Å². The van der Waals surface area contributed by atoms with Crippen molar-refractivity contribution < 1.29 is 0 Å². The molecule has 4 aromatic heterocycles. The molecule has 4 rings (SSSR count). The van der Waals surface area contributed by atoms with E-state index in [4.69, 9.17) is 0 Å². The molecule has 0 amide bonds. The number of hydrogen-bond donors (Lipinski definition) is 2. The normalized spacial score (nSPS) is 11.8. The van der Waals surface area contributed by atoms with Gasteiger partial charge in [-0.3, -0.25) is 9.89 Å². The molecule has 0 aromatic carbocycles. The SMILES string of the molecule is Cc1cc2[nH]c(=O)c3cnc4[nH]ncc4c3n2n1. The van der Waals surface area contributed by atoms with Crippen LogP contribution in [0.1, 0.15) is 5.69 Å². The predicted molar refractivity (Wildman–Crippen MR) is 65.5 cm³/mol. The molecule has 88 valence electrons. The number of pyridine rings is 1. The Kier molecular flexibility index (Phi) is 1.53. The summed E-state index contributed by atoms with van der Waals surface area (Å²) < 4.78 is 1.71. The van der Waals surface area contributed by atoms with Crippen LogP contribution in [0.2, 0.25) is 0 Å². The van der Waals surface area contributed by atoms with Crippen LogP contribution in [-0.2, 0) is 0 Å². The fourth-order valence-corrected chi connectivity index (χ4v) is 2.22. The van der Waals surface area contributed by atoms with E-state index in [1.165, 1.54) is 6.20 Å².